The van der Waals surface area contributed by atoms with Gasteiger partial charge in [-0.05, 0) is 17.6 Å². The van der Waals surface area contributed by atoms with Crippen molar-refractivity contribution >= 4 is 29.7 Å². The Hall–Kier alpha value is -3.51. The van der Waals surface area contributed by atoms with E-state index in [0.717, 1.165) is 0 Å². The van der Waals surface area contributed by atoms with Gasteiger partial charge in [-0.15, -0.1) is 0 Å². The number of methoxy groups -OCH3 is 1. The molecule has 0 radical (unpaired) electrons. The van der Waals surface area contributed by atoms with Crippen LogP contribution >= 0.6 is 0 Å². The van der Waals surface area contributed by atoms with Gasteiger partial charge >= 0.3 is 23.9 Å². The van der Waals surface area contributed by atoms with Gasteiger partial charge in [-0.2, -0.15) is 0 Å². The van der Waals surface area contributed by atoms with Crippen LogP contribution in [0.2, 0.25) is 0 Å². The van der Waals surface area contributed by atoms with E-state index in [-0.39, 0.29) is 18.4 Å². The molecule has 234 valence electrons. The van der Waals surface area contributed by atoms with Gasteiger partial charge in [0, 0.05) is 48.5 Å². The van der Waals surface area contributed by atoms with Crippen molar-refractivity contribution in [2.75, 3.05) is 7.11 Å². The molecule has 12 nitrogen and oxygen atoms in total. The fourth-order valence-corrected chi connectivity index (χ4v) is 8.66. The van der Waals surface area contributed by atoms with E-state index in [1.54, 1.807) is 33.8 Å². The lowest BCUT2D eigenvalue weighted by atomic mass is 9.39. The minimum atomic E-state index is -2.37. The number of carbonyl (C=O) groups is 5. The normalized spacial score (nSPS) is 41.3. The molecule has 0 aromatic carbocycles. The molecule has 43 heavy (non-hydrogen) atoms. The molecule has 4 aliphatic rings. The standard InChI is InChI=1S/C31H38O12/c1-15-30-13-22(36)42-24(18-9-10-39-14-18)28(30,6)12-20(34)31(15,37)29(7)19(11-21(35)38-8)27(4,5)25(41-17(3)33)23(26(29)43-30)40-16(2)32/h9-10,14,19,23-26,37H,1,11-13H2,2-8H3/t19-,23-,24-,25+,26-,28-,29+,30+,31-/m0/s1. The number of ether oxygens (including phenoxy) is 5. The molecule has 1 aromatic heterocycles. The van der Waals surface area contributed by atoms with Crippen molar-refractivity contribution in [3.63, 3.8) is 0 Å². The van der Waals surface area contributed by atoms with Crippen molar-refractivity contribution < 1.29 is 57.2 Å². The number of rotatable bonds is 5. The molecule has 0 unspecified atom stereocenters. The number of fused-ring (bicyclic) bond motifs is 3. The Kier molecular flexibility index (Phi) is 7.01. The predicted octanol–water partition coefficient (Wildman–Crippen LogP) is 2.76. The van der Waals surface area contributed by atoms with Gasteiger partial charge in [-0.1, -0.05) is 34.3 Å². The van der Waals surface area contributed by atoms with E-state index in [4.69, 9.17) is 28.1 Å². The Labute approximate surface area is 249 Å². The highest BCUT2D eigenvalue weighted by molar-refractivity contribution is 5.96. The van der Waals surface area contributed by atoms with Crippen LogP contribution in [0.4, 0.5) is 0 Å². The highest BCUT2D eigenvalue weighted by Gasteiger charge is 2.83. The largest absolute Gasteiger partial charge is 0.472 e. The van der Waals surface area contributed by atoms with Gasteiger partial charge < -0.3 is 33.2 Å². The molecule has 9 atom stereocenters. The summed E-state index contributed by atoms with van der Waals surface area (Å²) in [5.74, 6) is -4.31. The van der Waals surface area contributed by atoms with Crippen molar-refractivity contribution in [3.8, 4) is 0 Å². The van der Waals surface area contributed by atoms with Gasteiger partial charge in [0.15, 0.2) is 17.5 Å². The summed E-state index contributed by atoms with van der Waals surface area (Å²) in [6.07, 6.45) is -3.12. The molecule has 3 heterocycles. The van der Waals surface area contributed by atoms with E-state index in [1.807, 2.05) is 0 Å². The Balaban J connectivity index is 1.81. The molecule has 4 fully saturated rings. The van der Waals surface area contributed by atoms with Gasteiger partial charge in [0.2, 0.25) is 0 Å². The lowest BCUT2D eigenvalue weighted by Crippen LogP contribution is -2.84. The summed E-state index contributed by atoms with van der Waals surface area (Å²) in [5, 5.41) is 12.9. The second-order valence-corrected chi connectivity index (χ2v) is 13.2. The fourth-order valence-electron chi connectivity index (χ4n) is 8.66. The van der Waals surface area contributed by atoms with Crippen molar-refractivity contribution in [2.45, 2.75) is 96.4 Å². The number of furan rings is 1. The third-order valence-corrected chi connectivity index (χ3v) is 10.7. The molecule has 0 amide bonds. The highest BCUT2D eigenvalue weighted by Crippen LogP contribution is 2.72. The second-order valence-electron chi connectivity index (χ2n) is 13.2. The van der Waals surface area contributed by atoms with Crippen LogP contribution < -0.4 is 0 Å². The van der Waals surface area contributed by atoms with Crippen LogP contribution in [0.1, 0.15) is 72.5 Å². The van der Waals surface area contributed by atoms with Crippen LogP contribution in [0.3, 0.4) is 0 Å². The van der Waals surface area contributed by atoms with Crippen LogP contribution in [0.5, 0.6) is 0 Å². The summed E-state index contributed by atoms with van der Waals surface area (Å²) >= 11 is 0. The summed E-state index contributed by atoms with van der Waals surface area (Å²) in [5.41, 5.74) is -7.83. The number of Topliss-reactive ketones (excluding diaryl/α,β-unsaturated/α-hetero) is 1. The maximum Gasteiger partial charge on any atom is 0.309 e. The lowest BCUT2D eigenvalue weighted by molar-refractivity contribution is -0.354. The molecule has 2 aliphatic carbocycles. The molecular formula is C31H38O12. The van der Waals surface area contributed by atoms with Crippen LogP contribution in [0, 0.1) is 22.2 Å². The summed E-state index contributed by atoms with van der Waals surface area (Å²) in [7, 11) is 1.21. The second kappa shape index (κ2) is 9.75. The number of cyclic esters (lactones) is 1. The minimum Gasteiger partial charge on any atom is -0.472 e. The Morgan fingerprint density at radius 1 is 1.07 bits per heavy atom. The maximum absolute atomic E-state index is 14.5. The van der Waals surface area contributed by atoms with Gasteiger partial charge in [0.05, 0.1) is 26.1 Å². The summed E-state index contributed by atoms with van der Waals surface area (Å²) in [6, 6.07) is 1.61. The zero-order chi connectivity index (χ0) is 31.9. The van der Waals surface area contributed by atoms with Gasteiger partial charge in [0.1, 0.15) is 23.9 Å². The minimum absolute atomic E-state index is 0.0548. The SMILES string of the molecule is C=C1[C@]2(O)C(=O)C[C@@]3(C)[C@H](c4ccoc4)OC(=O)C[C@@]13O[C@H]1[C@@H](OC(C)=O)[C@@H](OC(C)=O)C(C)(C)[C@H](CC(=O)OC)[C@]12C. The summed E-state index contributed by atoms with van der Waals surface area (Å²) in [4.78, 5) is 65.7. The third kappa shape index (κ3) is 3.91. The summed E-state index contributed by atoms with van der Waals surface area (Å²) in [6.45, 7) is 13.3. The maximum atomic E-state index is 14.5. The quantitative estimate of drug-likeness (QED) is 0.298. The first-order valence-corrected chi connectivity index (χ1v) is 14.2. The number of hydrogen-bond acceptors (Lipinski definition) is 12. The molecular weight excluding hydrogens is 564 g/mol. The first kappa shape index (κ1) is 30.9. The first-order valence-electron chi connectivity index (χ1n) is 14.2. The Bertz CT molecular complexity index is 1390. The molecule has 1 N–H and O–H groups in total. The number of aliphatic hydroxyl groups is 1. The topological polar surface area (TPSA) is 165 Å². The molecule has 1 aromatic rings. The fraction of sp³-hybridized carbons (Fsp3) is 0.645. The van der Waals surface area contributed by atoms with E-state index in [1.165, 1.54) is 33.5 Å². The van der Waals surface area contributed by atoms with Crippen LogP contribution in [0.25, 0.3) is 0 Å². The van der Waals surface area contributed by atoms with E-state index >= 15 is 0 Å². The Morgan fingerprint density at radius 2 is 1.72 bits per heavy atom. The van der Waals surface area contributed by atoms with Crippen molar-refractivity contribution in [3.05, 3.63) is 36.3 Å². The number of hydrogen-bond donors (Lipinski definition) is 1. The van der Waals surface area contributed by atoms with Crippen LogP contribution in [-0.2, 0) is 47.7 Å². The molecule has 1 spiro atoms. The molecule has 2 bridgehead atoms. The summed E-state index contributed by atoms with van der Waals surface area (Å²) < 4.78 is 34.7. The molecule has 2 saturated heterocycles. The number of carbonyl (C=O) groups excluding carboxylic acids is 5. The first-order chi connectivity index (χ1) is 19.9. The Morgan fingerprint density at radius 3 is 2.28 bits per heavy atom. The number of esters is 4. The lowest BCUT2D eigenvalue weighted by Gasteiger charge is -2.73. The molecule has 2 saturated carbocycles. The van der Waals surface area contributed by atoms with E-state index in [0.29, 0.717) is 5.56 Å². The monoisotopic (exact) mass is 602 g/mol. The zero-order valence-electron chi connectivity index (χ0n) is 25.4. The van der Waals surface area contributed by atoms with Crippen LogP contribution in [-0.4, -0.2) is 71.4 Å². The predicted molar refractivity (Wildman–Crippen MR) is 145 cm³/mol. The van der Waals surface area contributed by atoms with Crippen molar-refractivity contribution in [2.24, 2.45) is 22.2 Å². The van der Waals surface area contributed by atoms with Gasteiger partial charge in [0.25, 0.3) is 0 Å². The molecule has 5 rings (SSSR count). The van der Waals surface area contributed by atoms with Gasteiger partial charge in [-0.3, -0.25) is 24.0 Å². The van der Waals surface area contributed by atoms with Crippen molar-refractivity contribution in [1.29, 1.82) is 0 Å². The van der Waals surface area contributed by atoms with Gasteiger partial charge in [-0.25, -0.2) is 0 Å². The molecule has 12 heteroatoms. The molecule has 2 aliphatic heterocycles. The van der Waals surface area contributed by atoms with Crippen LogP contribution in [0.15, 0.2) is 35.2 Å². The van der Waals surface area contributed by atoms with E-state index in [2.05, 4.69) is 6.58 Å². The average molecular weight is 603 g/mol. The zero-order valence-corrected chi connectivity index (χ0v) is 25.4. The average Bonchev–Trinajstić information content (AvgIpc) is 3.44. The van der Waals surface area contributed by atoms with E-state index < -0.39 is 93.9 Å². The smallest absolute Gasteiger partial charge is 0.309 e. The van der Waals surface area contributed by atoms with E-state index in [9.17, 15) is 29.1 Å². The highest BCUT2D eigenvalue weighted by atomic mass is 16.6. The number of ketones is 1. The third-order valence-electron chi connectivity index (χ3n) is 10.7. The van der Waals surface area contributed by atoms with Crippen molar-refractivity contribution in [1.82, 2.24) is 0 Å².